The zero-order chi connectivity index (χ0) is 20.6. The molecule has 2 N–H and O–H groups in total. The van der Waals surface area contributed by atoms with Crippen molar-refractivity contribution in [2.75, 3.05) is 25.5 Å². The van der Waals surface area contributed by atoms with Crippen LogP contribution < -0.4 is 10.6 Å². The quantitative estimate of drug-likeness (QED) is 0.571. The molecular formula is C20H24FN7O. The summed E-state index contributed by atoms with van der Waals surface area (Å²) < 4.78 is 14.5. The van der Waals surface area contributed by atoms with Crippen LogP contribution >= 0.6 is 0 Å². The van der Waals surface area contributed by atoms with Crippen molar-refractivity contribution in [1.29, 1.82) is 0 Å². The largest absolute Gasteiger partial charge is 0.338 e. The van der Waals surface area contributed by atoms with Gasteiger partial charge in [0, 0.05) is 31.4 Å². The number of tetrazole rings is 1. The lowest BCUT2D eigenvalue weighted by atomic mass is 10.2. The number of nitrogens with one attached hydrogen (secondary N) is 2. The van der Waals surface area contributed by atoms with Crippen LogP contribution in [0.15, 0.2) is 48.5 Å². The van der Waals surface area contributed by atoms with Crippen LogP contribution in [0.4, 0.5) is 14.9 Å². The minimum atomic E-state index is -0.264. The van der Waals surface area contributed by atoms with E-state index >= 15 is 0 Å². The van der Waals surface area contributed by atoms with Gasteiger partial charge in [-0.1, -0.05) is 24.3 Å². The van der Waals surface area contributed by atoms with Gasteiger partial charge in [0.15, 0.2) is 5.82 Å². The predicted octanol–water partition coefficient (Wildman–Crippen LogP) is 2.66. The third-order valence-electron chi connectivity index (χ3n) is 4.37. The molecule has 9 heteroatoms. The lowest BCUT2D eigenvalue weighted by molar-refractivity contribution is 0.250. The molecule has 3 rings (SSSR count). The molecule has 2 amide bonds. The first kappa shape index (κ1) is 20.4. The van der Waals surface area contributed by atoms with Gasteiger partial charge in [-0.2, -0.15) is 0 Å². The first-order valence-electron chi connectivity index (χ1n) is 9.32. The van der Waals surface area contributed by atoms with E-state index in [0.29, 0.717) is 18.1 Å². The fourth-order valence-electron chi connectivity index (χ4n) is 2.92. The van der Waals surface area contributed by atoms with Gasteiger partial charge in [-0.15, -0.1) is 5.10 Å². The summed E-state index contributed by atoms with van der Waals surface area (Å²) in [5.74, 6) is 0.392. The van der Waals surface area contributed by atoms with Gasteiger partial charge >= 0.3 is 6.03 Å². The lowest BCUT2D eigenvalue weighted by Crippen LogP contribution is -2.31. The van der Waals surface area contributed by atoms with Gasteiger partial charge in [-0.3, -0.25) is 0 Å². The molecule has 0 atom stereocenters. The summed E-state index contributed by atoms with van der Waals surface area (Å²) >= 11 is 0. The Labute approximate surface area is 168 Å². The second-order valence-corrected chi connectivity index (χ2v) is 6.81. The molecule has 1 heterocycles. The molecule has 0 unspecified atom stereocenters. The summed E-state index contributed by atoms with van der Waals surface area (Å²) in [6.07, 6.45) is 0.801. The van der Waals surface area contributed by atoms with Crippen LogP contribution in [-0.2, 0) is 13.6 Å². The molecule has 3 aromatic rings. The summed E-state index contributed by atoms with van der Waals surface area (Å²) in [6.45, 7) is 2.09. The highest BCUT2D eigenvalue weighted by atomic mass is 19.1. The number of aromatic nitrogens is 4. The highest BCUT2D eigenvalue weighted by molar-refractivity contribution is 5.89. The van der Waals surface area contributed by atoms with Crippen molar-refractivity contribution in [2.45, 2.75) is 13.0 Å². The van der Waals surface area contributed by atoms with Crippen molar-refractivity contribution >= 4 is 11.7 Å². The molecule has 0 aliphatic rings. The van der Waals surface area contributed by atoms with Crippen molar-refractivity contribution in [3.05, 3.63) is 59.9 Å². The first-order valence-corrected chi connectivity index (χ1v) is 9.32. The molecule has 0 aliphatic carbocycles. The second-order valence-electron chi connectivity index (χ2n) is 6.81. The SMILES string of the molecule is CN(CCCNC(=O)Nc1cccc(-c2nnnn2C)c1)Cc1ccc(F)cc1. The van der Waals surface area contributed by atoms with Gasteiger partial charge in [0.2, 0.25) is 0 Å². The molecule has 29 heavy (non-hydrogen) atoms. The number of carbonyl (C=O) groups excluding carboxylic acids is 1. The van der Waals surface area contributed by atoms with E-state index in [1.165, 1.54) is 12.1 Å². The average Bonchev–Trinajstić information content (AvgIpc) is 3.13. The van der Waals surface area contributed by atoms with Gasteiger partial charge in [-0.05, 0) is 60.3 Å². The van der Waals surface area contributed by atoms with E-state index in [2.05, 4.69) is 31.1 Å². The van der Waals surface area contributed by atoms with Crippen molar-refractivity contribution in [3.8, 4) is 11.4 Å². The van der Waals surface area contributed by atoms with Gasteiger partial charge < -0.3 is 15.5 Å². The van der Waals surface area contributed by atoms with Gasteiger partial charge in [-0.25, -0.2) is 13.9 Å². The van der Waals surface area contributed by atoms with E-state index in [9.17, 15) is 9.18 Å². The monoisotopic (exact) mass is 397 g/mol. The van der Waals surface area contributed by atoms with Gasteiger partial charge in [0.1, 0.15) is 5.82 Å². The summed E-state index contributed by atoms with van der Waals surface area (Å²) in [5.41, 5.74) is 2.53. The second kappa shape index (κ2) is 9.74. The molecule has 0 radical (unpaired) electrons. The topological polar surface area (TPSA) is 88.0 Å². The predicted molar refractivity (Wildman–Crippen MR) is 109 cm³/mol. The van der Waals surface area contributed by atoms with Crippen LogP contribution in [0.5, 0.6) is 0 Å². The third kappa shape index (κ3) is 6.08. The van der Waals surface area contributed by atoms with Crippen molar-refractivity contribution in [3.63, 3.8) is 0 Å². The van der Waals surface area contributed by atoms with Crippen molar-refractivity contribution in [2.24, 2.45) is 7.05 Å². The maximum atomic E-state index is 12.9. The molecule has 152 valence electrons. The molecular weight excluding hydrogens is 373 g/mol. The number of anilines is 1. The number of nitrogens with zero attached hydrogens (tertiary/aromatic N) is 5. The van der Waals surface area contributed by atoms with E-state index in [-0.39, 0.29) is 11.8 Å². The third-order valence-corrected chi connectivity index (χ3v) is 4.37. The van der Waals surface area contributed by atoms with E-state index < -0.39 is 0 Å². The van der Waals surface area contributed by atoms with Crippen LogP contribution in [0.3, 0.4) is 0 Å². The highest BCUT2D eigenvalue weighted by Gasteiger charge is 2.08. The summed E-state index contributed by atoms with van der Waals surface area (Å²) in [7, 11) is 3.76. The Hall–Kier alpha value is -3.33. The number of carbonyl (C=O) groups is 1. The standard InChI is InChI=1S/C20H24FN7O/c1-27(14-15-7-9-17(21)10-8-15)12-4-11-22-20(29)23-18-6-3-5-16(13-18)19-24-25-26-28(19)2/h3,5-10,13H,4,11-12,14H2,1-2H3,(H2,22,23,29). The Morgan fingerprint density at radius 2 is 2.00 bits per heavy atom. The summed E-state index contributed by atoms with van der Waals surface area (Å²) in [4.78, 5) is 14.3. The zero-order valence-corrected chi connectivity index (χ0v) is 16.5. The molecule has 2 aromatic carbocycles. The Morgan fingerprint density at radius 3 is 2.72 bits per heavy atom. The first-order chi connectivity index (χ1) is 14.0. The number of halogens is 1. The summed E-state index contributed by atoms with van der Waals surface area (Å²) in [6, 6.07) is 13.6. The number of aryl methyl sites for hydroxylation is 1. The molecule has 0 fully saturated rings. The molecule has 1 aromatic heterocycles. The van der Waals surface area contributed by atoms with Gasteiger partial charge in [0.05, 0.1) is 0 Å². The van der Waals surface area contributed by atoms with Crippen molar-refractivity contribution in [1.82, 2.24) is 30.4 Å². The number of benzene rings is 2. The van der Waals surface area contributed by atoms with E-state index in [1.54, 1.807) is 23.9 Å². The van der Waals surface area contributed by atoms with Crippen LogP contribution in [0.25, 0.3) is 11.4 Å². The summed E-state index contributed by atoms with van der Waals surface area (Å²) in [5, 5.41) is 17.1. The van der Waals surface area contributed by atoms with Crippen molar-refractivity contribution < 1.29 is 9.18 Å². The van der Waals surface area contributed by atoms with E-state index in [4.69, 9.17) is 0 Å². The normalized spacial score (nSPS) is 10.9. The van der Waals surface area contributed by atoms with E-state index in [1.807, 2.05) is 31.3 Å². The number of urea groups is 1. The minimum Gasteiger partial charge on any atom is -0.338 e. The molecule has 0 spiro atoms. The maximum absolute atomic E-state index is 12.9. The van der Waals surface area contributed by atoms with Crippen LogP contribution in [0, 0.1) is 5.82 Å². The fraction of sp³-hybridized carbons (Fsp3) is 0.300. The Balaban J connectivity index is 1.40. The average molecular weight is 397 g/mol. The molecule has 0 saturated carbocycles. The van der Waals surface area contributed by atoms with Crippen LogP contribution in [-0.4, -0.2) is 51.3 Å². The lowest BCUT2D eigenvalue weighted by Gasteiger charge is -2.17. The Morgan fingerprint density at radius 1 is 1.21 bits per heavy atom. The fourth-order valence-corrected chi connectivity index (χ4v) is 2.92. The van der Waals surface area contributed by atoms with Gasteiger partial charge in [0.25, 0.3) is 0 Å². The molecule has 0 aliphatic heterocycles. The van der Waals surface area contributed by atoms with Crippen LogP contribution in [0.1, 0.15) is 12.0 Å². The highest BCUT2D eigenvalue weighted by Crippen LogP contribution is 2.19. The zero-order valence-electron chi connectivity index (χ0n) is 16.5. The Bertz CT molecular complexity index is 942. The minimum absolute atomic E-state index is 0.231. The number of hydrogen-bond acceptors (Lipinski definition) is 5. The van der Waals surface area contributed by atoms with E-state index in [0.717, 1.165) is 30.6 Å². The number of amides is 2. The Kier molecular flexibility index (Phi) is 6.85. The maximum Gasteiger partial charge on any atom is 0.319 e. The molecule has 0 saturated heterocycles. The molecule has 8 nitrogen and oxygen atoms in total. The van der Waals surface area contributed by atoms with Crippen LogP contribution in [0.2, 0.25) is 0 Å². The number of rotatable bonds is 8. The molecule has 0 bridgehead atoms. The number of hydrogen-bond donors (Lipinski definition) is 2. The smallest absolute Gasteiger partial charge is 0.319 e.